The lowest BCUT2D eigenvalue weighted by Gasteiger charge is -2.13. The summed E-state index contributed by atoms with van der Waals surface area (Å²) in [6.07, 6.45) is 1.46. The fourth-order valence-corrected chi connectivity index (χ4v) is 1.91. The van der Waals surface area contributed by atoms with Crippen LogP contribution in [-0.4, -0.2) is 17.1 Å². The minimum absolute atomic E-state index is 0.0834. The molecule has 2 amide bonds. The van der Waals surface area contributed by atoms with Gasteiger partial charge in [0.05, 0.1) is 18.7 Å². The van der Waals surface area contributed by atoms with Crippen molar-refractivity contribution < 1.29 is 19.1 Å². The standard InChI is InChI=1S/C15H16N2O4/c1-10(13-6-3-7-21-13)16-15(20)17-12-5-2-4-11(8-12)9-14(18)19/h2-8,10H,9H2,1H3,(H,18,19)(H2,16,17,20). The van der Waals surface area contributed by atoms with Crippen LogP contribution in [0.25, 0.3) is 0 Å². The van der Waals surface area contributed by atoms with Crippen molar-refractivity contribution in [2.24, 2.45) is 0 Å². The Hall–Kier alpha value is -2.76. The molecule has 0 saturated heterocycles. The third kappa shape index (κ3) is 4.38. The summed E-state index contributed by atoms with van der Waals surface area (Å²) in [4.78, 5) is 22.5. The van der Waals surface area contributed by atoms with E-state index < -0.39 is 5.97 Å². The van der Waals surface area contributed by atoms with Crippen LogP contribution in [0.15, 0.2) is 47.1 Å². The number of hydrogen-bond acceptors (Lipinski definition) is 3. The number of nitrogens with one attached hydrogen (secondary N) is 2. The molecule has 1 aromatic heterocycles. The van der Waals surface area contributed by atoms with Crippen molar-refractivity contribution in [2.75, 3.05) is 5.32 Å². The molecule has 0 aliphatic heterocycles. The number of urea groups is 1. The molecule has 1 atom stereocenters. The van der Waals surface area contributed by atoms with Gasteiger partial charge in [0.15, 0.2) is 0 Å². The highest BCUT2D eigenvalue weighted by atomic mass is 16.4. The molecule has 1 unspecified atom stereocenters. The molecule has 0 radical (unpaired) electrons. The largest absolute Gasteiger partial charge is 0.481 e. The molecular weight excluding hydrogens is 272 g/mol. The first-order chi connectivity index (χ1) is 10.0. The van der Waals surface area contributed by atoms with Crippen LogP contribution in [0.3, 0.4) is 0 Å². The number of anilines is 1. The molecule has 0 aliphatic carbocycles. The maximum atomic E-state index is 11.9. The van der Waals surface area contributed by atoms with E-state index in [1.807, 2.05) is 0 Å². The van der Waals surface area contributed by atoms with Crippen LogP contribution in [-0.2, 0) is 11.2 Å². The summed E-state index contributed by atoms with van der Waals surface area (Å²) in [5.74, 6) is -0.257. The van der Waals surface area contributed by atoms with E-state index >= 15 is 0 Å². The Morgan fingerprint density at radius 2 is 2.10 bits per heavy atom. The Morgan fingerprint density at radius 1 is 1.29 bits per heavy atom. The van der Waals surface area contributed by atoms with Gasteiger partial charge in [0.25, 0.3) is 0 Å². The van der Waals surface area contributed by atoms with Crippen LogP contribution in [0.1, 0.15) is 24.3 Å². The van der Waals surface area contributed by atoms with E-state index in [0.29, 0.717) is 17.0 Å². The first-order valence-corrected chi connectivity index (χ1v) is 6.46. The minimum Gasteiger partial charge on any atom is -0.481 e. The van der Waals surface area contributed by atoms with E-state index in [0.717, 1.165) is 0 Å². The second kappa shape index (κ2) is 6.60. The number of furan rings is 1. The van der Waals surface area contributed by atoms with E-state index in [1.54, 1.807) is 49.6 Å². The molecule has 3 N–H and O–H groups in total. The van der Waals surface area contributed by atoms with Crippen LogP contribution < -0.4 is 10.6 Å². The van der Waals surface area contributed by atoms with Gasteiger partial charge in [-0.15, -0.1) is 0 Å². The highest BCUT2D eigenvalue weighted by Gasteiger charge is 2.12. The number of rotatable bonds is 5. The second-order valence-electron chi connectivity index (χ2n) is 4.61. The zero-order valence-electron chi connectivity index (χ0n) is 11.5. The molecule has 6 heteroatoms. The lowest BCUT2D eigenvalue weighted by Crippen LogP contribution is -2.31. The Bertz CT molecular complexity index is 622. The van der Waals surface area contributed by atoms with E-state index in [2.05, 4.69) is 10.6 Å². The molecule has 0 fully saturated rings. The van der Waals surface area contributed by atoms with Gasteiger partial charge in [-0.2, -0.15) is 0 Å². The summed E-state index contributed by atoms with van der Waals surface area (Å²) < 4.78 is 5.20. The van der Waals surface area contributed by atoms with Crippen molar-refractivity contribution in [3.63, 3.8) is 0 Å². The van der Waals surface area contributed by atoms with Crippen LogP contribution in [0.2, 0.25) is 0 Å². The monoisotopic (exact) mass is 288 g/mol. The van der Waals surface area contributed by atoms with Gasteiger partial charge in [0.1, 0.15) is 5.76 Å². The van der Waals surface area contributed by atoms with E-state index in [1.165, 1.54) is 0 Å². The lowest BCUT2D eigenvalue weighted by atomic mass is 10.1. The van der Waals surface area contributed by atoms with Gasteiger partial charge < -0.3 is 20.2 Å². The number of hydrogen-bond donors (Lipinski definition) is 3. The molecular formula is C15H16N2O4. The molecule has 110 valence electrons. The third-order valence-electron chi connectivity index (χ3n) is 2.86. The Balaban J connectivity index is 1.94. The van der Waals surface area contributed by atoms with Crippen molar-refractivity contribution in [1.82, 2.24) is 5.32 Å². The van der Waals surface area contributed by atoms with Crippen molar-refractivity contribution in [2.45, 2.75) is 19.4 Å². The Labute approximate surface area is 121 Å². The average molecular weight is 288 g/mol. The number of carbonyl (C=O) groups excluding carboxylic acids is 1. The van der Waals surface area contributed by atoms with Crippen LogP contribution in [0.4, 0.5) is 10.5 Å². The van der Waals surface area contributed by atoms with Gasteiger partial charge in [-0.25, -0.2) is 4.79 Å². The van der Waals surface area contributed by atoms with Gasteiger partial charge in [-0.1, -0.05) is 12.1 Å². The van der Waals surface area contributed by atoms with Gasteiger partial charge in [0, 0.05) is 5.69 Å². The van der Waals surface area contributed by atoms with Gasteiger partial charge in [0.2, 0.25) is 0 Å². The lowest BCUT2D eigenvalue weighted by molar-refractivity contribution is -0.136. The van der Waals surface area contributed by atoms with Crippen LogP contribution in [0, 0.1) is 0 Å². The minimum atomic E-state index is -0.914. The van der Waals surface area contributed by atoms with E-state index in [-0.39, 0.29) is 18.5 Å². The number of carboxylic acid groups (broad SMARTS) is 1. The molecule has 0 spiro atoms. The first kappa shape index (κ1) is 14.6. The third-order valence-corrected chi connectivity index (χ3v) is 2.86. The summed E-state index contributed by atoms with van der Waals surface area (Å²) in [5.41, 5.74) is 1.16. The molecule has 0 bridgehead atoms. The Morgan fingerprint density at radius 3 is 2.76 bits per heavy atom. The zero-order chi connectivity index (χ0) is 15.2. The molecule has 0 saturated carbocycles. The SMILES string of the molecule is CC(NC(=O)Nc1cccc(CC(=O)O)c1)c1ccco1. The summed E-state index contributed by atoms with van der Waals surface area (Å²) in [7, 11) is 0. The molecule has 21 heavy (non-hydrogen) atoms. The molecule has 6 nitrogen and oxygen atoms in total. The molecule has 2 rings (SSSR count). The summed E-state index contributed by atoms with van der Waals surface area (Å²) in [6, 6.07) is 9.60. The predicted molar refractivity (Wildman–Crippen MR) is 77.1 cm³/mol. The van der Waals surface area contributed by atoms with Gasteiger partial charge in [-0.3, -0.25) is 4.79 Å². The molecule has 2 aromatic rings. The summed E-state index contributed by atoms with van der Waals surface area (Å²) >= 11 is 0. The molecule has 1 heterocycles. The van der Waals surface area contributed by atoms with Crippen molar-refractivity contribution in [1.29, 1.82) is 0 Å². The normalized spacial score (nSPS) is 11.7. The van der Waals surface area contributed by atoms with Crippen molar-refractivity contribution in [3.05, 3.63) is 54.0 Å². The highest BCUT2D eigenvalue weighted by molar-refractivity contribution is 5.89. The van der Waals surface area contributed by atoms with Crippen molar-refractivity contribution in [3.8, 4) is 0 Å². The number of aliphatic carboxylic acids is 1. The molecule has 1 aromatic carbocycles. The van der Waals surface area contributed by atoms with Crippen LogP contribution >= 0.6 is 0 Å². The number of carboxylic acids is 1. The second-order valence-corrected chi connectivity index (χ2v) is 4.61. The van der Waals surface area contributed by atoms with Crippen LogP contribution in [0.5, 0.6) is 0 Å². The number of amides is 2. The topological polar surface area (TPSA) is 91.6 Å². The maximum absolute atomic E-state index is 11.9. The summed E-state index contributed by atoms with van der Waals surface area (Å²) in [6.45, 7) is 1.80. The maximum Gasteiger partial charge on any atom is 0.319 e. The quantitative estimate of drug-likeness (QED) is 0.789. The zero-order valence-corrected chi connectivity index (χ0v) is 11.5. The van der Waals surface area contributed by atoms with Gasteiger partial charge >= 0.3 is 12.0 Å². The fraction of sp³-hybridized carbons (Fsp3) is 0.200. The van der Waals surface area contributed by atoms with E-state index in [4.69, 9.17) is 9.52 Å². The predicted octanol–water partition coefficient (Wildman–Crippen LogP) is 2.79. The average Bonchev–Trinajstić information content (AvgIpc) is 2.91. The number of benzene rings is 1. The molecule has 0 aliphatic rings. The number of carbonyl (C=O) groups is 2. The smallest absolute Gasteiger partial charge is 0.319 e. The van der Waals surface area contributed by atoms with E-state index in [9.17, 15) is 9.59 Å². The fourth-order valence-electron chi connectivity index (χ4n) is 1.91. The van der Waals surface area contributed by atoms with Crippen molar-refractivity contribution >= 4 is 17.7 Å². The summed E-state index contributed by atoms with van der Waals surface area (Å²) in [5, 5.41) is 14.1. The van der Waals surface area contributed by atoms with Gasteiger partial charge in [-0.05, 0) is 36.8 Å². The Kier molecular flexibility index (Phi) is 4.61. The first-order valence-electron chi connectivity index (χ1n) is 6.46. The highest BCUT2D eigenvalue weighted by Crippen LogP contribution is 2.14.